The zero-order valence-electron chi connectivity index (χ0n) is 15.9. The summed E-state index contributed by atoms with van der Waals surface area (Å²) in [6.45, 7) is 1.05. The van der Waals surface area contributed by atoms with Crippen LogP contribution < -0.4 is 5.73 Å². The van der Waals surface area contributed by atoms with E-state index in [0.29, 0.717) is 32.1 Å². The average molecular weight is 456 g/mol. The van der Waals surface area contributed by atoms with Gasteiger partial charge in [-0.25, -0.2) is 4.99 Å². The first-order chi connectivity index (χ1) is 13.2. The second kappa shape index (κ2) is 6.76. The first-order valence-corrected chi connectivity index (χ1v) is 10.4. The van der Waals surface area contributed by atoms with E-state index in [1.54, 1.807) is 4.90 Å². The molecule has 8 heteroatoms. The molecule has 0 bridgehead atoms. The number of alkyl halides is 2. The number of nitrogens with two attached hydrogens (primary N) is 1. The van der Waals surface area contributed by atoms with Gasteiger partial charge in [0.25, 0.3) is 5.91 Å². The third-order valence-corrected chi connectivity index (χ3v) is 7.01. The number of carbonyl (C=O) groups excluding carboxylic acids is 1. The molecule has 2 N–H and O–H groups in total. The van der Waals surface area contributed by atoms with Crippen LogP contribution in [-0.4, -0.2) is 35.5 Å². The summed E-state index contributed by atoms with van der Waals surface area (Å²) in [4.78, 5) is 20.1. The zero-order valence-corrected chi connectivity index (χ0v) is 17.5. The molecule has 1 aromatic rings. The molecule has 0 radical (unpaired) electrons. The maximum absolute atomic E-state index is 13.8. The van der Waals surface area contributed by atoms with E-state index in [-0.39, 0.29) is 17.9 Å². The summed E-state index contributed by atoms with van der Waals surface area (Å²) >= 11 is 3.52. The minimum Gasteiger partial charge on any atom is -0.369 e. The highest BCUT2D eigenvalue weighted by molar-refractivity contribution is 9.10. The number of fused-ring (bicyclic) bond motifs is 3. The van der Waals surface area contributed by atoms with Crippen LogP contribution >= 0.6 is 15.9 Å². The molecule has 1 aliphatic heterocycles. The van der Waals surface area contributed by atoms with E-state index in [9.17, 15) is 13.6 Å². The monoisotopic (exact) mass is 455 g/mol. The van der Waals surface area contributed by atoms with Crippen molar-refractivity contribution in [3.63, 3.8) is 0 Å². The van der Waals surface area contributed by atoms with Gasteiger partial charge in [0.1, 0.15) is 0 Å². The SMILES string of the molecule is CC(C)N1C(=O)C2(N=C1N)c1cc(Br)ccc1CC21CCC(OC(F)F)CC1. The maximum atomic E-state index is 13.8. The second-order valence-corrected chi connectivity index (χ2v) is 9.22. The van der Waals surface area contributed by atoms with E-state index < -0.39 is 23.7 Å². The molecule has 2 spiro atoms. The summed E-state index contributed by atoms with van der Waals surface area (Å²) in [6.07, 6.45) is 2.33. The summed E-state index contributed by atoms with van der Waals surface area (Å²) in [7, 11) is 0. The van der Waals surface area contributed by atoms with Gasteiger partial charge in [0.05, 0.1) is 6.10 Å². The van der Waals surface area contributed by atoms with Gasteiger partial charge in [-0.15, -0.1) is 0 Å². The van der Waals surface area contributed by atoms with Crippen LogP contribution in [0, 0.1) is 5.41 Å². The van der Waals surface area contributed by atoms with E-state index >= 15 is 0 Å². The quantitative estimate of drug-likeness (QED) is 0.750. The van der Waals surface area contributed by atoms with Crippen molar-refractivity contribution in [1.82, 2.24) is 4.90 Å². The molecule has 4 rings (SSSR count). The molecule has 1 fully saturated rings. The second-order valence-electron chi connectivity index (χ2n) is 8.30. The number of guanidine groups is 1. The van der Waals surface area contributed by atoms with E-state index in [2.05, 4.69) is 15.9 Å². The van der Waals surface area contributed by atoms with Gasteiger partial charge < -0.3 is 10.5 Å². The Labute approximate surface area is 171 Å². The van der Waals surface area contributed by atoms with Crippen LogP contribution in [0.5, 0.6) is 0 Å². The molecule has 1 atom stereocenters. The van der Waals surface area contributed by atoms with Gasteiger partial charge >= 0.3 is 6.61 Å². The van der Waals surface area contributed by atoms with Crippen molar-refractivity contribution in [2.75, 3.05) is 0 Å². The van der Waals surface area contributed by atoms with Crippen molar-refractivity contribution in [3.8, 4) is 0 Å². The molecule has 0 saturated heterocycles. The Morgan fingerprint density at radius 2 is 2.00 bits per heavy atom. The fraction of sp³-hybridized carbons (Fsp3) is 0.600. The first kappa shape index (κ1) is 19.8. The van der Waals surface area contributed by atoms with Gasteiger partial charge in [-0.2, -0.15) is 8.78 Å². The lowest BCUT2D eigenvalue weighted by atomic mass is 9.61. The number of ether oxygens (including phenoxy) is 1. The van der Waals surface area contributed by atoms with Crippen LogP contribution in [0.3, 0.4) is 0 Å². The lowest BCUT2D eigenvalue weighted by Gasteiger charge is -2.45. The topological polar surface area (TPSA) is 67.9 Å². The molecule has 1 saturated carbocycles. The van der Waals surface area contributed by atoms with Crippen molar-refractivity contribution in [1.29, 1.82) is 0 Å². The summed E-state index contributed by atoms with van der Waals surface area (Å²) in [6, 6.07) is 5.84. The third kappa shape index (κ3) is 2.71. The van der Waals surface area contributed by atoms with Gasteiger partial charge in [-0.3, -0.25) is 9.69 Å². The van der Waals surface area contributed by atoms with Crippen molar-refractivity contribution in [2.45, 2.75) is 70.2 Å². The number of nitrogens with zero attached hydrogens (tertiary/aromatic N) is 2. The molecular formula is C20H24BrF2N3O2. The largest absolute Gasteiger partial charge is 0.369 e. The van der Waals surface area contributed by atoms with Crippen molar-refractivity contribution < 1.29 is 18.3 Å². The number of hydrogen-bond donors (Lipinski definition) is 1. The summed E-state index contributed by atoms with van der Waals surface area (Å²) in [5, 5.41) is 0. The van der Waals surface area contributed by atoms with Crippen LogP contribution in [0.2, 0.25) is 0 Å². The number of carbonyl (C=O) groups is 1. The lowest BCUT2D eigenvalue weighted by molar-refractivity contribution is -0.179. The minimum atomic E-state index is -2.78. The Bertz CT molecular complexity index is 837. The highest BCUT2D eigenvalue weighted by Crippen LogP contribution is 2.62. The normalized spacial score (nSPS) is 32.1. The number of rotatable bonds is 3. The Balaban J connectivity index is 1.80. The number of amides is 1. The molecule has 5 nitrogen and oxygen atoms in total. The Morgan fingerprint density at radius 1 is 1.32 bits per heavy atom. The molecular weight excluding hydrogens is 432 g/mol. The maximum Gasteiger partial charge on any atom is 0.345 e. The average Bonchev–Trinajstić information content (AvgIpc) is 3.03. The smallest absolute Gasteiger partial charge is 0.345 e. The zero-order chi connectivity index (χ0) is 20.3. The van der Waals surface area contributed by atoms with Crippen LogP contribution in [-0.2, 0) is 21.5 Å². The number of aliphatic imine (C=N–C) groups is 1. The van der Waals surface area contributed by atoms with E-state index in [1.807, 2.05) is 32.0 Å². The Kier molecular flexibility index (Phi) is 4.77. The Morgan fingerprint density at radius 3 is 2.57 bits per heavy atom. The third-order valence-electron chi connectivity index (χ3n) is 6.52. The molecule has 28 heavy (non-hydrogen) atoms. The van der Waals surface area contributed by atoms with Gasteiger partial charge in [0.2, 0.25) is 0 Å². The van der Waals surface area contributed by atoms with Crippen LogP contribution in [0.1, 0.15) is 50.7 Å². The highest BCUT2D eigenvalue weighted by Gasteiger charge is 2.66. The molecule has 152 valence electrons. The molecule has 0 aromatic heterocycles. The minimum absolute atomic E-state index is 0.106. The molecule has 3 aliphatic rings. The predicted octanol–water partition coefficient (Wildman–Crippen LogP) is 3.93. The molecule has 1 amide bonds. The standard InChI is InChI=1S/C20H24BrF2N3O2/c1-11(2)26-16(27)20(25-18(26)24)15-9-13(21)4-3-12(15)10-19(20)7-5-14(6-8-19)28-17(22)23/h3-4,9,11,14,17H,5-8,10H2,1-2H3,(H2,24,25). The molecule has 1 aromatic carbocycles. The summed E-state index contributed by atoms with van der Waals surface area (Å²) < 4.78 is 31.0. The van der Waals surface area contributed by atoms with Gasteiger partial charge in [0, 0.05) is 15.9 Å². The van der Waals surface area contributed by atoms with E-state index in [1.165, 1.54) is 0 Å². The van der Waals surface area contributed by atoms with Gasteiger partial charge in [-0.05, 0) is 69.2 Å². The van der Waals surface area contributed by atoms with Gasteiger partial charge in [-0.1, -0.05) is 22.0 Å². The van der Waals surface area contributed by atoms with Crippen molar-refractivity contribution in [3.05, 3.63) is 33.8 Å². The van der Waals surface area contributed by atoms with Crippen molar-refractivity contribution in [2.24, 2.45) is 16.1 Å². The lowest BCUT2D eigenvalue weighted by Crippen LogP contribution is -2.53. The summed E-state index contributed by atoms with van der Waals surface area (Å²) in [5.41, 5.74) is 6.62. The van der Waals surface area contributed by atoms with Crippen LogP contribution in [0.25, 0.3) is 0 Å². The van der Waals surface area contributed by atoms with E-state index in [4.69, 9.17) is 15.5 Å². The highest BCUT2D eigenvalue weighted by atomic mass is 79.9. The predicted molar refractivity (Wildman–Crippen MR) is 105 cm³/mol. The Hall–Kier alpha value is -1.54. The fourth-order valence-corrected chi connectivity index (χ4v) is 5.71. The first-order valence-electron chi connectivity index (χ1n) is 9.62. The number of hydrogen-bond acceptors (Lipinski definition) is 4. The van der Waals surface area contributed by atoms with E-state index in [0.717, 1.165) is 15.6 Å². The summed E-state index contributed by atoms with van der Waals surface area (Å²) in [5.74, 6) is 0.128. The van der Waals surface area contributed by atoms with Gasteiger partial charge in [0.15, 0.2) is 11.5 Å². The fourth-order valence-electron chi connectivity index (χ4n) is 5.35. The van der Waals surface area contributed by atoms with Crippen LogP contribution in [0.4, 0.5) is 8.78 Å². The molecule has 2 aliphatic carbocycles. The number of halogens is 3. The van der Waals surface area contributed by atoms with Crippen LogP contribution in [0.15, 0.2) is 27.7 Å². The molecule has 1 heterocycles. The molecule has 1 unspecified atom stereocenters. The number of benzene rings is 1. The van der Waals surface area contributed by atoms with Crippen molar-refractivity contribution >= 4 is 27.8 Å².